The van der Waals surface area contributed by atoms with Crippen LogP contribution in [0.1, 0.15) is 0 Å². The fourth-order valence-electron chi connectivity index (χ4n) is 10.4. The molecule has 12 rings (SSSR count). The zero-order valence-electron chi connectivity index (χ0n) is 32.4. The average molecular weight is 812 g/mol. The third-order valence-electron chi connectivity index (χ3n) is 12.7. The first-order valence-corrected chi connectivity index (χ1v) is 24.7. The second-order valence-corrected chi connectivity index (χ2v) is 23.5. The van der Waals surface area contributed by atoms with Gasteiger partial charge in [-0.3, -0.25) is 0 Å². The number of nitrogens with zero attached hydrogens (tertiary/aromatic N) is 3. The van der Waals surface area contributed by atoms with Crippen LogP contribution in [0.5, 0.6) is 0 Å². The van der Waals surface area contributed by atoms with E-state index in [0.717, 1.165) is 17.1 Å². The molecule has 0 radical (unpaired) electrons. The van der Waals surface area contributed by atoms with Crippen molar-refractivity contribution in [1.82, 2.24) is 0 Å². The van der Waals surface area contributed by atoms with E-state index in [1.165, 1.54) is 68.1 Å². The van der Waals surface area contributed by atoms with Crippen LogP contribution in [0, 0.1) is 0 Å². The van der Waals surface area contributed by atoms with E-state index < -0.39 is 13.3 Å². The van der Waals surface area contributed by atoms with Gasteiger partial charge in [0, 0.05) is 0 Å². The summed E-state index contributed by atoms with van der Waals surface area (Å²) >= 11 is -3.57. The van der Waals surface area contributed by atoms with Crippen molar-refractivity contribution in [2.45, 2.75) is 0 Å². The molecule has 0 amide bonds. The summed E-state index contributed by atoms with van der Waals surface area (Å²) in [5, 5.41) is 0. The van der Waals surface area contributed by atoms with E-state index in [2.05, 4.69) is 245 Å². The molecule has 0 unspecified atom stereocenters. The summed E-state index contributed by atoms with van der Waals surface area (Å²) in [6.45, 7) is 0.0566. The molecule has 0 aliphatic carbocycles. The molecule has 276 valence electrons. The zero-order valence-corrected chi connectivity index (χ0v) is 34.5. The maximum absolute atomic E-state index is 3.57. The molecule has 0 atom stereocenters. The minimum atomic E-state index is -3.57. The van der Waals surface area contributed by atoms with Gasteiger partial charge < -0.3 is 0 Å². The van der Waals surface area contributed by atoms with Gasteiger partial charge in [0.25, 0.3) is 0 Å². The average Bonchev–Trinajstić information content (AvgIpc) is 3.31. The number of hydrogen-bond donors (Lipinski definition) is 0. The predicted molar refractivity (Wildman–Crippen MR) is 252 cm³/mol. The molecule has 0 saturated heterocycles. The summed E-state index contributed by atoms with van der Waals surface area (Å²) < 4.78 is 5.73. The third-order valence-corrected chi connectivity index (χ3v) is 22.9. The Bertz CT molecular complexity index is 2830. The molecule has 0 aromatic heterocycles. The van der Waals surface area contributed by atoms with E-state index in [1.54, 1.807) is 0 Å². The Balaban J connectivity index is 1.20. The van der Waals surface area contributed by atoms with Gasteiger partial charge in [0.1, 0.15) is 0 Å². The normalized spacial score (nSPS) is 14.1. The molecule has 9 aromatic rings. The van der Waals surface area contributed by atoms with Crippen LogP contribution in [0.4, 0.5) is 51.2 Å². The van der Waals surface area contributed by atoms with E-state index in [1.807, 2.05) is 0 Å². The summed E-state index contributed by atoms with van der Waals surface area (Å²) in [6.07, 6.45) is 0. The Labute approximate surface area is 348 Å². The predicted octanol–water partition coefficient (Wildman–Crippen LogP) is 8.93. The molecule has 3 aliphatic rings. The van der Waals surface area contributed by atoms with Gasteiger partial charge >= 0.3 is 350 Å². The molecule has 3 heterocycles. The molecule has 59 heavy (non-hydrogen) atoms. The van der Waals surface area contributed by atoms with Crippen molar-refractivity contribution in [3.63, 3.8) is 0 Å². The van der Waals surface area contributed by atoms with Crippen molar-refractivity contribution in [2.24, 2.45) is 0 Å². The topological polar surface area (TPSA) is 9.72 Å². The van der Waals surface area contributed by atoms with E-state index >= 15 is 0 Å². The Hall–Kier alpha value is -7.01. The molecule has 0 spiro atoms. The first kappa shape index (κ1) is 34.1. The van der Waals surface area contributed by atoms with Crippen LogP contribution in [0.2, 0.25) is 0 Å². The van der Waals surface area contributed by atoms with Crippen LogP contribution in [0.15, 0.2) is 231 Å². The Morgan fingerprint density at radius 2 is 0.627 bits per heavy atom. The molecule has 0 N–H and O–H groups in total. The number of anilines is 9. The first-order valence-electron chi connectivity index (χ1n) is 20.5. The molecule has 3 nitrogen and oxygen atoms in total. The van der Waals surface area contributed by atoms with Crippen LogP contribution in [0.25, 0.3) is 0 Å². The summed E-state index contributed by atoms with van der Waals surface area (Å²) in [5.74, 6) is 0. The monoisotopic (exact) mass is 813 g/mol. The van der Waals surface area contributed by atoms with Crippen LogP contribution in [-0.2, 0) is 0 Å². The second kappa shape index (κ2) is 13.5. The van der Waals surface area contributed by atoms with Crippen molar-refractivity contribution in [3.8, 4) is 0 Å². The van der Waals surface area contributed by atoms with E-state index in [0.29, 0.717) is 0 Å². The van der Waals surface area contributed by atoms with Gasteiger partial charge in [-0.15, -0.1) is 0 Å². The fraction of sp³-hybridized carbons (Fsp3) is 0. The van der Waals surface area contributed by atoms with Gasteiger partial charge in [0.15, 0.2) is 0 Å². The summed E-state index contributed by atoms with van der Waals surface area (Å²) in [7, 11) is 0. The SMILES string of the molecule is c1ccc(N2c3ccccc3B3c4ccccc4N(c4ccccc4)c4cc(N5c6cccc[c]6[Ge]([c]6ccccc6)([c]6ccccc6)[c]6ccccc65)cc2c43)cc1. The van der Waals surface area contributed by atoms with Crippen molar-refractivity contribution in [1.29, 1.82) is 0 Å². The van der Waals surface area contributed by atoms with Crippen molar-refractivity contribution < 1.29 is 0 Å². The van der Waals surface area contributed by atoms with E-state index in [9.17, 15) is 0 Å². The van der Waals surface area contributed by atoms with Gasteiger partial charge in [-0.1, -0.05) is 0 Å². The van der Waals surface area contributed by atoms with E-state index in [4.69, 9.17) is 0 Å². The third kappa shape index (κ3) is 4.96. The Kier molecular flexibility index (Phi) is 7.82. The summed E-state index contributed by atoms with van der Waals surface area (Å²) in [5.41, 5.74) is 14.7. The second-order valence-electron chi connectivity index (χ2n) is 15.6. The van der Waals surface area contributed by atoms with Gasteiger partial charge in [-0.05, 0) is 0 Å². The van der Waals surface area contributed by atoms with Crippen molar-refractivity contribution in [2.75, 3.05) is 14.7 Å². The molecule has 0 saturated carbocycles. The van der Waals surface area contributed by atoms with Gasteiger partial charge in [-0.25, -0.2) is 0 Å². The maximum atomic E-state index is 2.57. The number of rotatable bonds is 5. The first-order chi connectivity index (χ1) is 29.3. The molecule has 9 aromatic carbocycles. The summed E-state index contributed by atoms with van der Waals surface area (Å²) in [6, 6.07) is 86.0. The van der Waals surface area contributed by atoms with Gasteiger partial charge in [-0.2, -0.15) is 0 Å². The van der Waals surface area contributed by atoms with Crippen molar-refractivity contribution in [3.05, 3.63) is 231 Å². The van der Waals surface area contributed by atoms with Gasteiger partial charge in [0.05, 0.1) is 0 Å². The quantitative estimate of drug-likeness (QED) is 0.161. The Morgan fingerprint density at radius 3 is 1.07 bits per heavy atom. The standard InChI is InChI=1S/C54H38BGeN3/c1-5-21-39(22-6-1)56(40-23-7-2-8-24-40)46-31-15-19-35-50(46)59(51-36-20-16-32-47(51)56)43-37-52-54-53(38-43)58(42-27-11-4-12-28-42)49-34-18-14-30-45(49)55(54)44-29-13-17-33-48(44)57(52)41-25-9-3-10-26-41/h1-38H. The van der Waals surface area contributed by atoms with Crippen LogP contribution in [0.3, 0.4) is 0 Å². The number of fused-ring (bicyclic) bond motifs is 6. The van der Waals surface area contributed by atoms with Crippen LogP contribution >= 0.6 is 0 Å². The number of hydrogen-bond acceptors (Lipinski definition) is 3. The molecule has 3 aliphatic heterocycles. The minimum absolute atomic E-state index is 0.0566. The molecule has 0 bridgehead atoms. The van der Waals surface area contributed by atoms with Crippen molar-refractivity contribution >= 4 is 105 Å². The summed E-state index contributed by atoms with van der Waals surface area (Å²) in [4.78, 5) is 7.57. The fourth-order valence-corrected chi connectivity index (χ4v) is 21.1. The van der Waals surface area contributed by atoms with Crippen LogP contribution < -0.4 is 48.7 Å². The molecule has 5 heteroatoms. The number of benzene rings is 9. The zero-order chi connectivity index (χ0) is 38.9. The molecule has 0 fully saturated rings. The molecular formula is C54H38BGeN3. The Morgan fingerprint density at radius 1 is 0.288 bits per heavy atom. The van der Waals surface area contributed by atoms with Gasteiger partial charge in [0.2, 0.25) is 0 Å². The van der Waals surface area contributed by atoms with Crippen LogP contribution in [-0.4, -0.2) is 20.0 Å². The molecular weight excluding hydrogens is 774 g/mol. The van der Waals surface area contributed by atoms with E-state index in [-0.39, 0.29) is 6.71 Å². The number of para-hydroxylation sites is 6.